The Kier molecular flexibility index (Phi) is 5.99. The highest BCUT2D eigenvalue weighted by Crippen LogP contribution is 2.31. The number of aryl methyl sites for hydroxylation is 2. The van der Waals surface area contributed by atoms with Gasteiger partial charge in [-0.15, -0.1) is 0 Å². The third kappa shape index (κ3) is 4.51. The molecule has 0 radical (unpaired) electrons. The third-order valence-electron chi connectivity index (χ3n) is 4.64. The van der Waals surface area contributed by atoms with E-state index in [9.17, 15) is 14.4 Å². The summed E-state index contributed by atoms with van der Waals surface area (Å²) in [5, 5.41) is 3.18. The van der Waals surface area contributed by atoms with Gasteiger partial charge in [-0.3, -0.25) is 14.4 Å². The molecule has 0 aliphatic carbocycles. The average Bonchev–Trinajstić information content (AvgIpc) is 3.03. The highest BCUT2D eigenvalue weighted by molar-refractivity contribution is 6.30. The van der Waals surface area contributed by atoms with Crippen LogP contribution in [0.1, 0.15) is 17.5 Å². The number of benzene rings is 2. The maximum atomic E-state index is 12.4. The van der Waals surface area contributed by atoms with Gasteiger partial charge in [0.1, 0.15) is 0 Å². The Bertz CT molecular complexity index is 891. The van der Waals surface area contributed by atoms with Crippen LogP contribution in [0.5, 0.6) is 0 Å². The van der Waals surface area contributed by atoms with Gasteiger partial charge in [-0.1, -0.05) is 29.8 Å². The molecule has 28 heavy (non-hydrogen) atoms. The SMILES string of the molecule is Cc1cccc(C)c1N1C[C@@H](C(=O)OCC(=O)Nc2ccc(Cl)cc2)CC1=O. The molecule has 1 fully saturated rings. The number of rotatable bonds is 5. The van der Waals surface area contributed by atoms with Crippen molar-refractivity contribution in [3.05, 3.63) is 58.6 Å². The predicted molar refractivity (Wildman–Crippen MR) is 107 cm³/mol. The van der Waals surface area contributed by atoms with E-state index in [1.807, 2.05) is 32.0 Å². The molecule has 1 N–H and O–H groups in total. The van der Waals surface area contributed by atoms with Crippen LogP contribution in [0.4, 0.5) is 11.4 Å². The van der Waals surface area contributed by atoms with Gasteiger partial charge >= 0.3 is 5.97 Å². The third-order valence-corrected chi connectivity index (χ3v) is 4.89. The van der Waals surface area contributed by atoms with Crippen LogP contribution in [0.15, 0.2) is 42.5 Å². The minimum absolute atomic E-state index is 0.0748. The number of nitrogens with one attached hydrogen (secondary N) is 1. The molecule has 1 atom stereocenters. The highest BCUT2D eigenvalue weighted by atomic mass is 35.5. The summed E-state index contributed by atoms with van der Waals surface area (Å²) in [4.78, 5) is 38.4. The van der Waals surface area contributed by atoms with Crippen LogP contribution in [0.25, 0.3) is 0 Å². The lowest BCUT2D eigenvalue weighted by Gasteiger charge is -2.21. The second kappa shape index (κ2) is 8.44. The number of carbonyl (C=O) groups excluding carboxylic acids is 3. The summed E-state index contributed by atoms with van der Waals surface area (Å²) in [6.45, 7) is 3.71. The van der Waals surface area contributed by atoms with E-state index in [1.54, 1.807) is 29.2 Å². The van der Waals surface area contributed by atoms with Gasteiger partial charge in [-0.25, -0.2) is 0 Å². The van der Waals surface area contributed by atoms with Crippen LogP contribution in [0.2, 0.25) is 5.02 Å². The van der Waals surface area contributed by atoms with E-state index in [4.69, 9.17) is 16.3 Å². The molecule has 0 aromatic heterocycles. The lowest BCUT2D eigenvalue weighted by Crippen LogP contribution is -2.29. The highest BCUT2D eigenvalue weighted by Gasteiger charge is 2.37. The summed E-state index contributed by atoms with van der Waals surface area (Å²) in [5.41, 5.74) is 3.35. The largest absolute Gasteiger partial charge is 0.455 e. The summed E-state index contributed by atoms with van der Waals surface area (Å²) >= 11 is 5.80. The van der Waals surface area contributed by atoms with E-state index < -0.39 is 24.4 Å². The van der Waals surface area contributed by atoms with Gasteiger partial charge in [0.2, 0.25) is 5.91 Å². The smallest absolute Gasteiger partial charge is 0.311 e. The molecular weight excluding hydrogens is 380 g/mol. The second-order valence-corrected chi connectivity index (χ2v) is 7.25. The standard InChI is InChI=1S/C21H21ClN2O4/c1-13-4-3-5-14(2)20(13)24-11-15(10-19(24)26)21(27)28-12-18(25)23-17-8-6-16(22)7-9-17/h3-9,15H,10-12H2,1-2H3,(H,23,25)/t15-/m0/s1. The first-order valence-electron chi connectivity index (χ1n) is 8.94. The number of nitrogens with zero attached hydrogens (tertiary/aromatic N) is 1. The number of esters is 1. The molecule has 6 nitrogen and oxygen atoms in total. The van der Waals surface area contributed by atoms with Crippen molar-refractivity contribution >= 4 is 40.8 Å². The molecule has 146 valence electrons. The number of ether oxygens (including phenoxy) is 1. The van der Waals surface area contributed by atoms with Gasteiger partial charge in [0.15, 0.2) is 6.61 Å². The van der Waals surface area contributed by atoms with Crippen molar-refractivity contribution < 1.29 is 19.1 Å². The van der Waals surface area contributed by atoms with Crippen LogP contribution in [-0.4, -0.2) is 30.9 Å². The zero-order valence-electron chi connectivity index (χ0n) is 15.7. The minimum atomic E-state index is -0.588. The van der Waals surface area contributed by atoms with E-state index in [-0.39, 0.29) is 18.9 Å². The van der Waals surface area contributed by atoms with Crippen LogP contribution >= 0.6 is 11.6 Å². The molecule has 0 unspecified atom stereocenters. The fourth-order valence-electron chi connectivity index (χ4n) is 3.30. The molecule has 0 spiro atoms. The van der Waals surface area contributed by atoms with Crippen molar-refractivity contribution in [3.8, 4) is 0 Å². The Morgan fingerprint density at radius 3 is 2.43 bits per heavy atom. The van der Waals surface area contributed by atoms with Crippen molar-refractivity contribution in [2.45, 2.75) is 20.3 Å². The summed E-state index contributed by atoms with van der Waals surface area (Å²) in [5.74, 6) is -1.71. The fourth-order valence-corrected chi connectivity index (χ4v) is 3.42. The number of hydrogen-bond donors (Lipinski definition) is 1. The maximum absolute atomic E-state index is 12.4. The minimum Gasteiger partial charge on any atom is -0.455 e. The van der Waals surface area contributed by atoms with Gasteiger partial charge in [0.25, 0.3) is 5.91 Å². The van der Waals surface area contributed by atoms with Gasteiger partial charge in [-0.05, 0) is 49.2 Å². The molecule has 1 saturated heterocycles. The second-order valence-electron chi connectivity index (χ2n) is 6.81. The van der Waals surface area contributed by atoms with E-state index >= 15 is 0 Å². The van der Waals surface area contributed by atoms with E-state index in [1.165, 1.54) is 0 Å². The Morgan fingerprint density at radius 1 is 1.14 bits per heavy atom. The number of hydrogen-bond acceptors (Lipinski definition) is 4. The average molecular weight is 401 g/mol. The molecule has 1 aliphatic rings. The van der Waals surface area contributed by atoms with Gasteiger partial charge in [0, 0.05) is 29.4 Å². The van der Waals surface area contributed by atoms with E-state index in [0.29, 0.717) is 10.7 Å². The Morgan fingerprint density at radius 2 is 1.79 bits per heavy atom. The molecule has 2 aromatic carbocycles. The van der Waals surface area contributed by atoms with Crippen molar-refractivity contribution in [1.82, 2.24) is 0 Å². The first kappa shape index (κ1) is 19.9. The normalized spacial score (nSPS) is 16.2. The molecule has 2 aromatic rings. The van der Waals surface area contributed by atoms with Crippen LogP contribution in [0.3, 0.4) is 0 Å². The van der Waals surface area contributed by atoms with E-state index in [0.717, 1.165) is 16.8 Å². The number of anilines is 2. The van der Waals surface area contributed by atoms with Gasteiger partial charge in [-0.2, -0.15) is 0 Å². The topological polar surface area (TPSA) is 75.7 Å². The lowest BCUT2D eigenvalue weighted by atomic mass is 10.1. The fraction of sp³-hybridized carbons (Fsp3) is 0.286. The first-order valence-corrected chi connectivity index (χ1v) is 9.31. The van der Waals surface area contributed by atoms with Crippen LogP contribution in [-0.2, 0) is 19.1 Å². The van der Waals surface area contributed by atoms with Crippen molar-refractivity contribution in [2.75, 3.05) is 23.4 Å². The molecule has 1 heterocycles. The molecule has 1 aliphatic heterocycles. The zero-order valence-corrected chi connectivity index (χ0v) is 16.5. The molecule has 0 bridgehead atoms. The van der Waals surface area contributed by atoms with Crippen molar-refractivity contribution in [2.24, 2.45) is 5.92 Å². The van der Waals surface area contributed by atoms with E-state index in [2.05, 4.69) is 5.32 Å². The molecule has 3 rings (SSSR count). The van der Waals surface area contributed by atoms with Crippen molar-refractivity contribution in [3.63, 3.8) is 0 Å². The van der Waals surface area contributed by atoms with Gasteiger partial charge in [0.05, 0.1) is 5.92 Å². The first-order chi connectivity index (χ1) is 13.3. The maximum Gasteiger partial charge on any atom is 0.311 e. The Labute approximate surface area is 168 Å². The van der Waals surface area contributed by atoms with Crippen LogP contribution in [0, 0.1) is 19.8 Å². The Hall–Kier alpha value is -2.86. The number of carbonyl (C=O) groups is 3. The Balaban J connectivity index is 1.56. The number of amides is 2. The molecule has 2 amide bonds. The molecule has 7 heteroatoms. The lowest BCUT2D eigenvalue weighted by molar-refractivity contribution is -0.151. The number of halogens is 1. The summed E-state index contributed by atoms with van der Waals surface area (Å²) in [6, 6.07) is 12.4. The molecule has 0 saturated carbocycles. The zero-order chi connectivity index (χ0) is 20.3. The number of para-hydroxylation sites is 1. The van der Waals surface area contributed by atoms with Crippen molar-refractivity contribution in [1.29, 1.82) is 0 Å². The predicted octanol–water partition coefficient (Wildman–Crippen LogP) is 3.49. The van der Waals surface area contributed by atoms with Crippen LogP contribution < -0.4 is 10.2 Å². The monoisotopic (exact) mass is 400 g/mol. The summed E-state index contributed by atoms with van der Waals surface area (Å²) in [6.07, 6.45) is 0.0748. The quantitative estimate of drug-likeness (QED) is 0.779. The summed E-state index contributed by atoms with van der Waals surface area (Å²) < 4.78 is 5.12. The molecular formula is C21H21ClN2O4. The van der Waals surface area contributed by atoms with Gasteiger partial charge < -0.3 is 15.0 Å². The summed E-state index contributed by atoms with van der Waals surface area (Å²) in [7, 11) is 0.